The molecule has 1 amide bonds. The Morgan fingerprint density at radius 1 is 1.08 bits per heavy atom. The molecule has 3 rings (SSSR count). The van der Waals surface area contributed by atoms with Gasteiger partial charge < -0.3 is 10.0 Å². The summed E-state index contributed by atoms with van der Waals surface area (Å²) in [5, 5.41) is 13.8. The highest BCUT2D eigenvalue weighted by Gasteiger charge is 2.18. The lowest BCUT2D eigenvalue weighted by Gasteiger charge is -2.20. The molecule has 6 nitrogen and oxygen atoms in total. The minimum absolute atomic E-state index is 0.0211. The van der Waals surface area contributed by atoms with E-state index >= 15 is 0 Å². The fraction of sp³-hybridized carbons (Fsp3) is 0.500. The summed E-state index contributed by atoms with van der Waals surface area (Å²) < 4.78 is 1.75. The Hall–Kier alpha value is -2.21. The van der Waals surface area contributed by atoms with Gasteiger partial charge in [-0.15, -0.1) is 0 Å². The van der Waals surface area contributed by atoms with E-state index in [0.717, 1.165) is 37.2 Å². The zero-order valence-corrected chi connectivity index (χ0v) is 13.9. The Morgan fingerprint density at radius 2 is 1.92 bits per heavy atom. The van der Waals surface area contributed by atoms with Gasteiger partial charge in [-0.2, -0.15) is 5.10 Å². The molecule has 1 fully saturated rings. The largest absolute Gasteiger partial charge is 0.394 e. The van der Waals surface area contributed by atoms with Gasteiger partial charge in [0.25, 0.3) is 0 Å². The molecular formula is C18H24N4O2. The molecule has 0 atom stereocenters. The van der Waals surface area contributed by atoms with Gasteiger partial charge in [0.1, 0.15) is 5.82 Å². The molecule has 1 aromatic heterocycles. The first-order valence-corrected chi connectivity index (χ1v) is 8.65. The van der Waals surface area contributed by atoms with Crippen molar-refractivity contribution in [1.82, 2.24) is 19.7 Å². The Kier molecular flexibility index (Phi) is 5.59. The van der Waals surface area contributed by atoms with Crippen LogP contribution in [0.25, 0.3) is 11.4 Å². The SMILES string of the molecule is O=C1CCCCCN1CCc1nc(-c2ccccc2)nn1CCO. The summed E-state index contributed by atoms with van der Waals surface area (Å²) in [6.45, 7) is 1.94. The quantitative estimate of drug-likeness (QED) is 0.879. The maximum atomic E-state index is 12.1. The lowest BCUT2D eigenvalue weighted by atomic mass is 10.2. The Morgan fingerprint density at radius 3 is 2.71 bits per heavy atom. The molecule has 0 spiro atoms. The van der Waals surface area contributed by atoms with Crippen LogP contribution in [0.3, 0.4) is 0 Å². The molecule has 1 saturated heterocycles. The van der Waals surface area contributed by atoms with E-state index in [2.05, 4.69) is 10.1 Å². The van der Waals surface area contributed by atoms with Crippen molar-refractivity contribution in [2.24, 2.45) is 0 Å². The molecule has 6 heteroatoms. The first kappa shape index (κ1) is 16.6. The van der Waals surface area contributed by atoms with Gasteiger partial charge in [0.05, 0.1) is 13.2 Å². The molecule has 0 saturated carbocycles. The highest BCUT2D eigenvalue weighted by Crippen LogP contribution is 2.16. The van der Waals surface area contributed by atoms with E-state index in [4.69, 9.17) is 0 Å². The third-order valence-corrected chi connectivity index (χ3v) is 4.37. The average Bonchev–Trinajstić information content (AvgIpc) is 2.89. The monoisotopic (exact) mass is 328 g/mol. The second kappa shape index (κ2) is 8.06. The van der Waals surface area contributed by atoms with Crippen molar-refractivity contribution in [2.45, 2.75) is 38.6 Å². The van der Waals surface area contributed by atoms with Crippen molar-refractivity contribution in [3.63, 3.8) is 0 Å². The number of carbonyl (C=O) groups excluding carboxylic acids is 1. The molecule has 2 aromatic rings. The second-order valence-corrected chi connectivity index (χ2v) is 6.11. The highest BCUT2D eigenvalue weighted by atomic mass is 16.3. The summed E-state index contributed by atoms with van der Waals surface area (Å²) in [6, 6.07) is 9.82. The van der Waals surface area contributed by atoms with Crippen LogP contribution in [0, 0.1) is 0 Å². The number of aromatic nitrogens is 3. The number of likely N-dealkylation sites (tertiary alicyclic amines) is 1. The number of hydrogen-bond acceptors (Lipinski definition) is 4. The summed E-state index contributed by atoms with van der Waals surface area (Å²) in [6.07, 6.45) is 4.50. The maximum absolute atomic E-state index is 12.1. The standard InChI is InChI=1S/C18H24N4O2/c23-14-13-22-16(10-12-21-11-6-2-5-9-17(21)24)19-18(20-22)15-7-3-1-4-8-15/h1,3-4,7-8,23H,2,5-6,9-14H2. The first-order valence-electron chi connectivity index (χ1n) is 8.65. The van der Waals surface area contributed by atoms with Crippen molar-refractivity contribution >= 4 is 5.91 Å². The number of hydrogen-bond donors (Lipinski definition) is 1. The number of carbonyl (C=O) groups is 1. The number of benzene rings is 1. The molecule has 1 aliphatic heterocycles. The van der Waals surface area contributed by atoms with Crippen LogP contribution in [0.5, 0.6) is 0 Å². The number of rotatable bonds is 6. The Bertz CT molecular complexity index is 669. The summed E-state index contributed by atoms with van der Waals surface area (Å²) in [5.74, 6) is 1.73. The zero-order chi connectivity index (χ0) is 16.8. The van der Waals surface area contributed by atoms with Gasteiger partial charge in [0.2, 0.25) is 5.91 Å². The predicted molar refractivity (Wildman–Crippen MR) is 91.3 cm³/mol. The zero-order valence-electron chi connectivity index (χ0n) is 13.9. The lowest BCUT2D eigenvalue weighted by molar-refractivity contribution is -0.130. The van der Waals surface area contributed by atoms with Crippen molar-refractivity contribution in [2.75, 3.05) is 19.7 Å². The summed E-state index contributed by atoms with van der Waals surface area (Å²) in [7, 11) is 0. The van der Waals surface area contributed by atoms with Crippen LogP contribution in [-0.4, -0.2) is 50.4 Å². The topological polar surface area (TPSA) is 71.2 Å². The highest BCUT2D eigenvalue weighted by molar-refractivity contribution is 5.76. The van der Waals surface area contributed by atoms with Crippen molar-refractivity contribution in [3.8, 4) is 11.4 Å². The average molecular weight is 328 g/mol. The van der Waals surface area contributed by atoms with Crippen molar-refractivity contribution < 1.29 is 9.90 Å². The van der Waals surface area contributed by atoms with Crippen molar-refractivity contribution in [1.29, 1.82) is 0 Å². The smallest absolute Gasteiger partial charge is 0.222 e. The number of aliphatic hydroxyl groups excluding tert-OH is 1. The van der Waals surface area contributed by atoms with Gasteiger partial charge >= 0.3 is 0 Å². The van der Waals surface area contributed by atoms with E-state index in [1.54, 1.807) is 4.68 Å². The van der Waals surface area contributed by atoms with Crippen LogP contribution in [-0.2, 0) is 17.8 Å². The van der Waals surface area contributed by atoms with E-state index in [0.29, 0.717) is 31.8 Å². The van der Waals surface area contributed by atoms with Gasteiger partial charge in [0.15, 0.2) is 5.82 Å². The Labute approximate surface area is 142 Å². The maximum Gasteiger partial charge on any atom is 0.222 e. The van der Waals surface area contributed by atoms with Crippen LogP contribution in [0.4, 0.5) is 0 Å². The van der Waals surface area contributed by atoms with Crippen molar-refractivity contribution in [3.05, 3.63) is 36.2 Å². The van der Waals surface area contributed by atoms with Gasteiger partial charge in [-0.25, -0.2) is 9.67 Å². The molecule has 0 bridgehead atoms. The van der Waals surface area contributed by atoms with Gasteiger partial charge in [-0.1, -0.05) is 36.8 Å². The van der Waals surface area contributed by atoms with Gasteiger partial charge in [-0.05, 0) is 12.8 Å². The van der Waals surface area contributed by atoms with Gasteiger partial charge in [0, 0.05) is 31.5 Å². The lowest BCUT2D eigenvalue weighted by Crippen LogP contribution is -2.32. The molecule has 0 aliphatic carbocycles. The van der Waals surface area contributed by atoms with E-state index in [9.17, 15) is 9.90 Å². The van der Waals surface area contributed by atoms with E-state index < -0.39 is 0 Å². The van der Waals surface area contributed by atoms with Crippen LogP contribution in [0.2, 0.25) is 0 Å². The molecule has 1 N–H and O–H groups in total. The van der Waals surface area contributed by atoms with Crippen LogP contribution < -0.4 is 0 Å². The normalized spacial score (nSPS) is 15.5. The molecule has 2 heterocycles. The number of amides is 1. The molecule has 128 valence electrons. The summed E-state index contributed by atoms with van der Waals surface area (Å²) in [5.41, 5.74) is 0.960. The molecule has 1 aromatic carbocycles. The number of aliphatic hydroxyl groups is 1. The summed E-state index contributed by atoms with van der Waals surface area (Å²) in [4.78, 5) is 18.7. The molecular weight excluding hydrogens is 304 g/mol. The third kappa shape index (κ3) is 4.00. The Balaban J connectivity index is 1.74. The number of nitrogens with zero attached hydrogens (tertiary/aromatic N) is 4. The van der Waals surface area contributed by atoms with E-state index in [-0.39, 0.29) is 12.5 Å². The van der Waals surface area contributed by atoms with E-state index in [1.807, 2.05) is 35.2 Å². The first-order chi connectivity index (χ1) is 11.8. The van der Waals surface area contributed by atoms with Crippen LogP contribution in [0.15, 0.2) is 30.3 Å². The van der Waals surface area contributed by atoms with Gasteiger partial charge in [-0.3, -0.25) is 4.79 Å². The molecule has 24 heavy (non-hydrogen) atoms. The fourth-order valence-electron chi connectivity index (χ4n) is 3.05. The molecule has 0 unspecified atom stereocenters. The second-order valence-electron chi connectivity index (χ2n) is 6.11. The van der Waals surface area contributed by atoms with Crippen LogP contribution >= 0.6 is 0 Å². The summed E-state index contributed by atoms with van der Waals surface area (Å²) >= 11 is 0. The fourth-order valence-corrected chi connectivity index (χ4v) is 3.05. The predicted octanol–water partition coefficient (Wildman–Crippen LogP) is 1.88. The minimum Gasteiger partial charge on any atom is -0.394 e. The van der Waals surface area contributed by atoms with E-state index in [1.165, 1.54) is 0 Å². The third-order valence-electron chi connectivity index (χ3n) is 4.37. The van der Waals surface area contributed by atoms with Crippen LogP contribution in [0.1, 0.15) is 31.5 Å². The molecule has 0 radical (unpaired) electrons. The molecule has 1 aliphatic rings. The minimum atomic E-state index is 0.0211.